The molecule has 1 aromatic rings. The van der Waals surface area contributed by atoms with Gasteiger partial charge in [0.15, 0.2) is 0 Å². The van der Waals surface area contributed by atoms with Gasteiger partial charge >= 0.3 is 0 Å². The average Bonchev–Trinajstić information content (AvgIpc) is 3.03. The Morgan fingerprint density at radius 1 is 0.875 bits per heavy atom. The largest absolute Gasteiger partial charge is 0.261 e. The third-order valence-corrected chi connectivity index (χ3v) is 4.41. The summed E-state index contributed by atoms with van der Waals surface area (Å²) in [5.74, 6) is 1.60. The van der Waals surface area contributed by atoms with Gasteiger partial charge in [0.05, 0.1) is 0 Å². The number of pyridine rings is 1. The smallest absolute Gasteiger partial charge is 0.0469 e. The van der Waals surface area contributed by atoms with Gasteiger partial charge in [-0.15, -0.1) is 0 Å². The third-order valence-electron chi connectivity index (χ3n) is 4.41. The predicted molar refractivity (Wildman–Crippen MR) is 66.7 cm³/mol. The molecule has 0 amide bonds. The fourth-order valence-corrected chi connectivity index (χ4v) is 3.55. The molecule has 0 aromatic carbocycles. The minimum Gasteiger partial charge on any atom is -0.261 e. The lowest BCUT2D eigenvalue weighted by atomic mass is 9.90. The molecule has 0 aliphatic heterocycles. The highest BCUT2D eigenvalue weighted by Crippen LogP contribution is 2.41. The standard InChI is InChI=1S/C15H21N/c1-2-7-12(6-1)14-10-5-11-16-15(14)13-8-3-4-9-13/h5,10-13H,1-4,6-9H2. The Labute approximate surface area is 98.3 Å². The van der Waals surface area contributed by atoms with Crippen molar-refractivity contribution in [3.63, 3.8) is 0 Å². The van der Waals surface area contributed by atoms with Crippen LogP contribution < -0.4 is 0 Å². The Morgan fingerprint density at radius 3 is 2.19 bits per heavy atom. The number of hydrogen-bond acceptors (Lipinski definition) is 1. The summed E-state index contributed by atoms with van der Waals surface area (Å²) in [6.45, 7) is 0. The van der Waals surface area contributed by atoms with Crippen LogP contribution in [-0.4, -0.2) is 4.98 Å². The minimum atomic E-state index is 0.775. The molecule has 2 aliphatic rings. The van der Waals surface area contributed by atoms with Crippen LogP contribution in [0.1, 0.15) is 74.5 Å². The van der Waals surface area contributed by atoms with Crippen molar-refractivity contribution in [3.8, 4) is 0 Å². The lowest BCUT2D eigenvalue weighted by molar-refractivity contribution is 0.644. The van der Waals surface area contributed by atoms with Crippen molar-refractivity contribution >= 4 is 0 Å². The molecule has 0 spiro atoms. The SMILES string of the molecule is c1cnc(C2CCCC2)c(C2CCCC2)c1. The van der Waals surface area contributed by atoms with Gasteiger partial charge in [0.1, 0.15) is 0 Å². The Morgan fingerprint density at radius 2 is 1.50 bits per heavy atom. The van der Waals surface area contributed by atoms with Gasteiger partial charge < -0.3 is 0 Å². The predicted octanol–water partition coefficient (Wildman–Crippen LogP) is 4.40. The monoisotopic (exact) mass is 215 g/mol. The second-order valence-electron chi connectivity index (χ2n) is 5.44. The van der Waals surface area contributed by atoms with Crippen LogP contribution in [-0.2, 0) is 0 Å². The van der Waals surface area contributed by atoms with Crippen molar-refractivity contribution < 1.29 is 0 Å². The highest BCUT2D eigenvalue weighted by Gasteiger charge is 2.25. The summed E-state index contributed by atoms with van der Waals surface area (Å²) in [6, 6.07) is 4.47. The molecule has 0 bridgehead atoms. The first-order chi connectivity index (χ1) is 7.95. The summed E-state index contributed by atoms with van der Waals surface area (Å²) in [5, 5.41) is 0. The highest BCUT2D eigenvalue weighted by atomic mass is 14.7. The van der Waals surface area contributed by atoms with Crippen molar-refractivity contribution in [1.82, 2.24) is 4.98 Å². The Kier molecular flexibility index (Phi) is 2.94. The van der Waals surface area contributed by atoms with Crippen molar-refractivity contribution in [2.24, 2.45) is 0 Å². The van der Waals surface area contributed by atoms with E-state index in [1.165, 1.54) is 57.1 Å². The average molecular weight is 215 g/mol. The molecule has 2 saturated carbocycles. The first-order valence-electron chi connectivity index (χ1n) is 6.90. The van der Waals surface area contributed by atoms with Crippen LogP contribution in [0.25, 0.3) is 0 Å². The lowest BCUT2D eigenvalue weighted by Gasteiger charge is -2.18. The van der Waals surface area contributed by atoms with Crippen LogP contribution in [0.4, 0.5) is 0 Å². The van der Waals surface area contributed by atoms with E-state index in [9.17, 15) is 0 Å². The van der Waals surface area contributed by atoms with Gasteiger partial charge in [-0.25, -0.2) is 0 Å². The zero-order valence-electron chi connectivity index (χ0n) is 9.99. The number of hydrogen-bond donors (Lipinski definition) is 0. The summed E-state index contributed by atoms with van der Waals surface area (Å²) in [6.07, 6.45) is 13.2. The first kappa shape index (κ1) is 10.3. The van der Waals surface area contributed by atoms with Crippen LogP contribution >= 0.6 is 0 Å². The molecule has 1 aromatic heterocycles. The van der Waals surface area contributed by atoms with Crippen LogP contribution in [0, 0.1) is 0 Å². The van der Waals surface area contributed by atoms with E-state index in [1.54, 1.807) is 5.56 Å². The third kappa shape index (κ3) is 1.88. The molecule has 0 N–H and O–H groups in total. The number of nitrogens with zero attached hydrogens (tertiary/aromatic N) is 1. The molecule has 2 fully saturated rings. The fraction of sp³-hybridized carbons (Fsp3) is 0.667. The maximum absolute atomic E-state index is 4.71. The zero-order chi connectivity index (χ0) is 10.8. The van der Waals surface area contributed by atoms with E-state index in [0.29, 0.717) is 0 Å². The molecule has 1 nitrogen and oxygen atoms in total. The Bertz CT molecular complexity index is 311. The zero-order valence-corrected chi connectivity index (χ0v) is 9.99. The van der Waals surface area contributed by atoms with Gasteiger partial charge in [-0.05, 0) is 43.2 Å². The first-order valence-corrected chi connectivity index (χ1v) is 6.90. The molecule has 1 heteroatoms. The molecule has 0 atom stereocenters. The van der Waals surface area contributed by atoms with Crippen molar-refractivity contribution in [2.75, 3.05) is 0 Å². The van der Waals surface area contributed by atoms with E-state index in [1.807, 2.05) is 6.20 Å². The van der Waals surface area contributed by atoms with Gasteiger partial charge in [0.2, 0.25) is 0 Å². The normalized spacial score (nSPS) is 23.0. The van der Waals surface area contributed by atoms with Crippen LogP contribution in [0.2, 0.25) is 0 Å². The van der Waals surface area contributed by atoms with Gasteiger partial charge in [0, 0.05) is 17.8 Å². The molecule has 16 heavy (non-hydrogen) atoms. The molecule has 0 radical (unpaired) electrons. The molecular weight excluding hydrogens is 194 g/mol. The lowest BCUT2D eigenvalue weighted by Crippen LogP contribution is -2.05. The summed E-state index contributed by atoms with van der Waals surface area (Å²) < 4.78 is 0. The minimum absolute atomic E-state index is 0.775. The van der Waals surface area contributed by atoms with Crippen molar-refractivity contribution in [1.29, 1.82) is 0 Å². The van der Waals surface area contributed by atoms with Crippen LogP contribution in [0.3, 0.4) is 0 Å². The highest BCUT2D eigenvalue weighted by molar-refractivity contribution is 5.28. The van der Waals surface area contributed by atoms with Gasteiger partial charge in [-0.1, -0.05) is 31.7 Å². The van der Waals surface area contributed by atoms with Gasteiger partial charge in [-0.2, -0.15) is 0 Å². The van der Waals surface area contributed by atoms with Crippen LogP contribution in [0.15, 0.2) is 18.3 Å². The molecular formula is C15H21N. The Balaban J connectivity index is 1.90. The molecule has 2 aliphatic carbocycles. The summed E-state index contributed by atoms with van der Waals surface area (Å²) >= 11 is 0. The maximum atomic E-state index is 4.71. The van der Waals surface area contributed by atoms with E-state index >= 15 is 0 Å². The number of aromatic nitrogens is 1. The summed E-state index contributed by atoms with van der Waals surface area (Å²) in [7, 11) is 0. The van der Waals surface area contributed by atoms with Crippen molar-refractivity contribution in [3.05, 3.63) is 29.6 Å². The van der Waals surface area contributed by atoms with Gasteiger partial charge in [-0.3, -0.25) is 4.98 Å². The van der Waals surface area contributed by atoms with E-state index in [0.717, 1.165) is 11.8 Å². The molecule has 3 rings (SSSR count). The quantitative estimate of drug-likeness (QED) is 0.712. The summed E-state index contributed by atoms with van der Waals surface area (Å²) in [4.78, 5) is 4.71. The van der Waals surface area contributed by atoms with Crippen molar-refractivity contribution in [2.45, 2.75) is 63.2 Å². The van der Waals surface area contributed by atoms with Crippen LogP contribution in [0.5, 0.6) is 0 Å². The summed E-state index contributed by atoms with van der Waals surface area (Å²) in [5.41, 5.74) is 3.04. The van der Waals surface area contributed by atoms with E-state index < -0.39 is 0 Å². The molecule has 1 heterocycles. The second-order valence-corrected chi connectivity index (χ2v) is 5.44. The fourth-order valence-electron chi connectivity index (χ4n) is 3.55. The molecule has 86 valence electrons. The molecule has 0 saturated heterocycles. The Hall–Kier alpha value is -0.850. The van der Waals surface area contributed by atoms with E-state index in [4.69, 9.17) is 4.98 Å². The van der Waals surface area contributed by atoms with E-state index in [-0.39, 0.29) is 0 Å². The second kappa shape index (κ2) is 4.57. The molecule has 0 unspecified atom stereocenters. The van der Waals surface area contributed by atoms with Gasteiger partial charge in [0.25, 0.3) is 0 Å². The van der Waals surface area contributed by atoms with E-state index in [2.05, 4.69) is 12.1 Å². The maximum Gasteiger partial charge on any atom is 0.0469 e. The topological polar surface area (TPSA) is 12.9 Å². The number of rotatable bonds is 2.